The molecule has 2 bridgehead atoms. The van der Waals surface area contributed by atoms with Crippen molar-refractivity contribution < 1.29 is 4.74 Å². The van der Waals surface area contributed by atoms with Crippen LogP contribution >= 0.6 is 0 Å². The number of hydrogen-bond donors (Lipinski definition) is 0. The SMILES string of the molecule is CC1C[C@H]2CC[C@@H](C1)O2. The summed E-state index contributed by atoms with van der Waals surface area (Å²) in [4.78, 5) is 0. The summed E-state index contributed by atoms with van der Waals surface area (Å²) in [7, 11) is 0. The first kappa shape index (κ1) is 5.72. The van der Waals surface area contributed by atoms with Crippen LogP contribution in [0.3, 0.4) is 0 Å². The molecule has 0 saturated carbocycles. The van der Waals surface area contributed by atoms with Crippen LogP contribution in [0.4, 0.5) is 0 Å². The van der Waals surface area contributed by atoms with E-state index in [0.29, 0.717) is 12.2 Å². The molecule has 1 heteroatoms. The Balaban J connectivity index is 2.03. The summed E-state index contributed by atoms with van der Waals surface area (Å²) in [6, 6.07) is 0. The van der Waals surface area contributed by atoms with Crippen LogP contribution in [0.25, 0.3) is 0 Å². The first-order chi connectivity index (χ1) is 4.34. The largest absolute Gasteiger partial charge is 0.375 e. The van der Waals surface area contributed by atoms with Gasteiger partial charge in [-0.25, -0.2) is 0 Å². The van der Waals surface area contributed by atoms with Crippen molar-refractivity contribution in [3.63, 3.8) is 0 Å². The number of rotatable bonds is 0. The highest BCUT2D eigenvalue weighted by molar-refractivity contribution is 4.82. The summed E-state index contributed by atoms with van der Waals surface area (Å²) in [6.07, 6.45) is 6.56. The van der Waals surface area contributed by atoms with Crippen molar-refractivity contribution in [3.8, 4) is 0 Å². The molecule has 52 valence electrons. The van der Waals surface area contributed by atoms with Crippen molar-refractivity contribution in [1.82, 2.24) is 0 Å². The Morgan fingerprint density at radius 2 is 1.67 bits per heavy atom. The zero-order chi connectivity index (χ0) is 6.27. The maximum atomic E-state index is 5.67. The first-order valence-electron chi connectivity index (χ1n) is 4.00. The average molecular weight is 126 g/mol. The molecule has 0 spiro atoms. The van der Waals surface area contributed by atoms with Gasteiger partial charge in [0.15, 0.2) is 0 Å². The Bertz CT molecular complexity index is 99.1. The molecule has 2 fully saturated rings. The molecule has 0 radical (unpaired) electrons. The van der Waals surface area contributed by atoms with Gasteiger partial charge in [-0.3, -0.25) is 0 Å². The molecule has 2 aliphatic rings. The first-order valence-corrected chi connectivity index (χ1v) is 4.00. The van der Waals surface area contributed by atoms with Crippen LogP contribution < -0.4 is 0 Å². The van der Waals surface area contributed by atoms with Gasteiger partial charge in [0.2, 0.25) is 0 Å². The van der Waals surface area contributed by atoms with E-state index < -0.39 is 0 Å². The van der Waals surface area contributed by atoms with Crippen LogP contribution in [0.15, 0.2) is 0 Å². The van der Waals surface area contributed by atoms with E-state index in [1.54, 1.807) is 0 Å². The van der Waals surface area contributed by atoms with E-state index in [0.717, 1.165) is 5.92 Å². The van der Waals surface area contributed by atoms with Gasteiger partial charge in [-0.15, -0.1) is 0 Å². The number of hydrogen-bond acceptors (Lipinski definition) is 1. The molecule has 1 nitrogen and oxygen atoms in total. The van der Waals surface area contributed by atoms with Crippen LogP contribution in [0.5, 0.6) is 0 Å². The lowest BCUT2D eigenvalue weighted by molar-refractivity contribution is -0.0152. The van der Waals surface area contributed by atoms with Crippen LogP contribution in [-0.4, -0.2) is 12.2 Å². The smallest absolute Gasteiger partial charge is 0.0582 e. The van der Waals surface area contributed by atoms with Crippen molar-refractivity contribution in [2.75, 3.05) is 0 Å². The molecule has 0 aromatic heterocycles. The molecule has 1 unspecified atom stereocenters. The van der Waals surface area contributed by atoms with Gasteiger partial charge in [0.1, 0.15) is 0 Å². The van der Waals surface area contributed by atoms with Gasteiger partial charge in [0.05, 0.1) is 12.2 Å². The minimum absolute atomic E-state index is 0.638. The van der Waals surface area contributed by atoms with Crippen LogP contribution in [0.2, 0.25) is 0 Å². The highest BCUT2D eigenvalue weighted by Crippen LogP contribution is 2.35. The monoisotopic (exact) mass is 126 g/mol. The molecule has 0 aromatic carbocycles. The molecule has 0 N–H and O–H groups in total. The van der Waals surface area contributed by atoms with Crippen LogP contribution in [-0.2, 0) is 4.74 Å². The van der Waals surface area contributed by atoms with Gasteiger partial charge in [0, 0.05) is 0 Å². The highest BCUT2D eigenvalue weighted by atomic mass is 16.5. The Hall–Kier alpha value is -0.0400. The number of fused-ring (bicyclic) bond motifs is 2. The van der Waals surface area contributed by atoms with E-state index in [-0.39, 0.29) is 0 Å². The standard InChI is InChI=1S/C8H14O/c1-6-4-7-2-3-8(5-6)9-7/h6-8H,2-5H2,1H3/t6?,7-,8+. The molecule has 0 aromatic rings. The lowest BCUT2D eigenvalue weighted by Crippen LogP contribution is -2.22. The molecule has 0 amide bonds. The predicted molar refractivity (Wildman–Crippen MR) is 36.3 cm³/mol. The second-order valence-corrected chi connectivity index (χ2v) is 3.53. The van der Waals surface area contributed by atoms with E-state index in [1.165, 1.54) is 25.7 Å². The minimum atomic E-state index is 0.638. The quantitative estimate of drug-likeness (QED) is 0.482. The van der Waals surface area contributed by atoms with Crippen molar-refractivity contribution in [2.24, 2.45) is 5.92 Å². The lowest BCUT2D eigenvalue weighted by atomic mass is 9.98. The fourth-order valence-corrected chi connectivity index (χ4v) is 2.12. The zero-order valence-electron chi connectivity index (χ0n) is 5.97. The van der Waals surface area contributed by atoms with Gasteiger partial charge >= 0.3 is 0 Å². The summed E-state index contributed by atoms with van der Waals surface area (Å²) in [6.45, 7) is 2.34. The topological polar surface area (TPSA) is 9.23 Å². The van der Waals surface area contributed by atoms with Crippen molar-refractivity contribution in [3.05, 3.63) is 0 Å². The van der Waals surface area contributed by atoms with Gasteiger partial charge in [-0.2, -0.15) is 0 Å². The molecule has 2 aliphatic heterocycles. The molecule has 2 rings (SSSR count). The molecule has 0 aliphatic carbocycles. The van der Waals surface area contributed by atoms with E-state index in [9.17, 15) is 0 Å². The van der Waals surface area contributed by atoms with Gasteiger partial charge in [0.25, 0.3) is 0 Å². The van der Waals surface area contributed by atoms with Crippen molar-refractivity contribution >= 4 is 0 Å². The van der Waals surface area contributed by atoms with Gasteiger partial charge in [-0.1, -0.05) is 6.92 Å². The zero-order valence-corrected chi connectivity index (χ0v) is 5.97. The fourth-order valence-electron chi connectivity index (χ4n) is 2.12. The Morgan fingerprint density at radius 3 is 2.22 bits per heavy atom. The number of ether oxygens (including phenoxy) is 1. The molecule has 2 saturated heterocycles. The second kappa shape index (κ2) is 1.98. The fraction of sp³-hybridized carbons (Fsp3) is 1.00. The predicted octanol–water partition coefficient (Wildman–Crippen LogP) is 1.96. The Kier molecular flexibility index (Phi) is 1.26. The molecule has 9 heavy (non-hydrogen) atoms. The summed E-state index contributed by atoms with van der Waals surface area (Å²) < 4.78 is 5.67. The van der Waals surface area contributed by atoms with Crippen LogP contribution in [0, 0.1) is 5.92 Å². The Morgan fingerprint density at radius 1 is 1.11 bits per heavy atom. The third-order valence-corrected chi connectivity index (χ3v) is 2.53. The average Bonchev–Trinajstić information content (AvgIpc) is 2.11. The maximum absolute atomic E-state index is 5.67. The van der Waals surface area contributed by atoms with Crippen molar-refractivity contribution in [2.45, 2.75) is 44.8 Å². The van der Waals surface area contributed by atoms with Crippen LogP contribution in [0.1, 0.15) is 32.6 Å². The molecular weight excluding hydrogens is 112 g/mol. The van der Waals surface area contributed by atoms with Gasteiger partial charge in [-0.05, 0) is 31.6 Å². The summed E-state index contributed by atoms with van der Waals surface area (Å²) in [5.74, 6) is 0.927. The van der Waals surface area contributed by atoms with Crippen molar-refractivity contribution in [1.29, 1.82) is 0 Å². The minimum Gasteiger partial charge on any atom is -0.375 e. The summed E-state index contributed by atoms with van der Waals surface area (Å²) in [5, 5.41) is 0. The molecular formula is C8H14O. The second-order valence-electron chi connectivity index (χ2n) is 3.53. The summed E-state index contributed by atoms with van der Waals surface area (Å²) in [5.41, 5.74) is 0. The summed E-state index contributed by atoms with van der Waals surface area (Å²) >= 11 is 0. The third kappa shape index (κ3) is 0.983. The lowest BCUT2D eigenvalue weighted by Gasteiger charge is -2.25. The third-order valence-electron chi connectivity index (χ3n) is 2.53. The Labute approximate surface area is 56.4 Å². The molecule has 2 heterocycles. The highest BCUT2D eigenvalue weighted by Gasteiger charge is 2.32. The normalized spacial score (nSPS) is 49.7. The van der Waals surface area contributed by atoms with E-state index in [2.05, 4.69) is 6.92 Å². The van der Waals surface area contributed by atoms with E-state index in [4.69, 9.17) is 4.74 Å². The van der Waals surface area contributed by atoms with Gasteiger partial charge < -0.3 is 4.74 Å². The maximum Gasteiger partial charge on any atom is 0.0582 e. The van der Waals surface area contributed by atoms with E-state index in [1.807, 2.05) is 0 Å². The van der Waals surface area contributed by atoms with E-state index >= 15 is 0 Å². The molecule has 3 atom stereocenters.